The number of amides is 1. The van der Waals surface area contributed by atoms with Crippen LogP contribution in [0.2, 0.25) is 0 Å². The van der Waals surface area contributed by atoms with Crippen molar-refractivity contribution >= 4 is 11.9 Å². The summed E-state index contributed by atoms with van der Waals surface area (Å²) in [6, 6.07) is 0.0956. The van der Waals surface area contributed by atoms with Crippen molar-refractivity contribution in [2.24, 2.45) is 5.92 Å². The Kier molecular flexibility index (Phi) is 5.25. The minimum absolute atomic E-state index is 0.0363. The maximum Gasteiger partial charge on any atom is 0.303 e. The quantitative estimate of drug-likeness (QED) is 0.730. The third-order valence-corrected chi connectivity index (χ3v) is 2.58. The maximum absolute atomic E-state index is 11.5. The number of nitrogens with one attached hydrogen (secondary N) is 1. The summed E-state index contributed by atoms with van der Waals surface area (Å²) in [5.41, 5.74) is 0. The van der Waals surface area contributed by atoms with Crippen molar-refractivity contribution in [3.63, 3.8) is 0 Å². The fourth-order valence-electron chi connectivity index (χ4n) is 1.83. The molecule has 0 spiro atoms. The Morgan fingerprint density at radius 2 is 2.25 bits per heavy atom. The smallest absolute Gasteiger partial charge is 0.303 e. The van der Waals surface area contributed by atoms with Gasteiger partial charge in [0, 0.05) is 19.4 Å². The van der Waals surface area contributed by atoms with Gasteiger partial charge in [-0.05, 0) is 18.8 Å². The lowest BCUT2D eigenvalue weighted by Gasteiger charge is -2.23. The highest BCUT2D eigenvalue weighted by atomic mass is 16.5. The van der Waals surface area contributed by atoms with Crippen LogP contribution in [0.25, 0.3) is 0 Å². The highest BCUT2D eigenvalue weighted by Crippen LogP contribution is 2.09. The molecule has 0 radical (unpaired) electrons. The van der Waals surface area contributed by atoms with Crippen LogP contribution in [0.3, 0.4) is 0 Å². The molecule has 16 heavy (non-hydrogen) atoms. The molecule has 0 aliphatic carbocycles. The first-order valence-corrected chi connectivity index (χ1v) is 5.67. The average molecular weight is 229 g/mol. The normalized spacial score (nSPS) is 22.4. The predicted molar refractivity (Wildman–Crippen MR) is 58.0 cm³/mol. The van der Waals surface area contributed by atoms with Gasteiger partial charge in [0.15, 0.2) is 0 Å². The van der Waals surface area contributed by atoms with Crippen molar-refractivity contribution in [3.8, 4) is 0 Å². The number of hydrogen-bond acceptors (Lipinski definition) is 3. The number of hydrogen-bond donors (Lipinski definition) is 2. The number of carbonyl (C=O) groups is 2. The molecule has 1 rings (SSSR count). The molecule has 1 amide bonds. The van der Waals surface area contributed by atoms with Crippen molar-refractivity contribution < 1.29 is 19.4 Å². The molecule has 0 aromatic carbocycles. The maximum atomic E-state index is 11.5. The van der Waals surface area contributed by atoms with Crippen LogP contribution in [-0.4, -0.2) is 36.2 Å². The number of carbonyl (C=O) groups excluding carboxylic acids is 1. The summed E-state index contributed by atoms with van der Waals surface area (Å²) in [5.74, 6) is -1.06. The number of ether oxygens (including phenoxy) is 1. The molecule has 1 saturated heterocycles. The lowest BCUT2D eigenvalue weighted by Crippen LogP contribution is -2.41. The lowest BCUT2D eigenvalue weighted by molar-refractivity contribution is -0.138. The summed E-state index contributed by atoms with van der Waals surface area (Å²) in [7, 11) is 0. The summed E-state index contributed by atoms with van der Waals surface area (Å²) in [6.07, 6.45) is 2.21. The van der Waals surface area contributed by atoms with Gasteiger partial charge in [-0.2, -0.15) is 0 Å². The predicted octanol–water partition coefficient (Wildman–Crippen LogP) is 0.782. The minimum Gasteiger partial charge on any atom is -0.481 e. The van der Waals surface area contributed by atoms with Gasteiger partial charge < -0.3 is 15.2 Å². The minimum atomic E-state index is -0.860. The molecule has 0 aromatic rings. The Bertz CT molecular complexity index is 248. The van der Waals surface area contributed by atoms with E-state index in [1.807, 2.05) is 0 Å². The molecule has 1 aliphatic heterocycles. The standard InChI is InChI=1S/C11H19NO4/c1-8(6-11(14)15)5-10(13)12-9-3-2-4-16-7-9/h8-9H,2-7H2,1H3,(H,12,13)(H,14,15). The SMILES string of the molecule is CC(CC(=O)O)CC(=O)NC1CCCOC1. The molecule has 2 atom stereocenters. The Balaban J connectivity index is 2.21. The monoisotopic (exact) mass is 229 g/mol. The van der Waals surface area contributed by atoms with Gasteiger partial charge in [-0.15, -0.1) is 0 Å². The van der Waals surface area contributed by atoms with Crippen molar-refractivity contribution in [1.82, 2.24) is 5.32 Å². The van der Waals surface area contributed by atoms with Crippen LogP contribution >= 0.6 is 0 Å². The number of rotatable bonds is 5. The number of carboxylic acid groups (broad SMARTS) is 1. The summed E-state index contributed by atoms with van der Waals surface area (Å²) in [5, 5.41) is 11.4. The first-order valence-electron chi connectivity index (χ1n) is 5.67. The van der Waals surface area contributed by atoms with E-state index in [4.69, 9.17) is 9.84 Å². The van der Waals surface area contributed by atoms with Crippen LogP contribution in [-0.2, 0) is 14.3 Å². The van der Waals surface area contributed by atoms with E-state index in [9.17, 15) is 9.59 Å². The second kappa shape index (κ2) is 6.48. The second-order valence-electron chi connectivity index (χ2n) is 4.39. The van der Waals surface area contributed by atoms with Crippen LogP contribution in [0.4, 0.5) is 0 Å². The first kappa shape index (κ1) is 13.0. The third-order valence-electron chi connectivity index (χ3n) is 2.58. The van der Waals surface area contributed by atoms with Crippen molar-refractivity contribution in [2.75, 3.05) is 13.2 Å². The molecule has 5 heteroatoms. The van der Waals surface area contributed by atoms with Crippen LogP contribution < -0.4 is 5.32 Å². The number of aliphatic carboxylic acids is 1. The largest absolute Gasteiger partial charge is 0.481 e. The molecule has 0 bridgehead atoms. The van der Waals surface area contributed by atoms with E-state index >= 15 is 0 Å². The number of carboxylic acids is 1. The zero-order valence-electron chi connectivity index (χ0n) is 9.57. The van der Waals surface area contributed by atoms with Crippen molar-refractivity contribution in [1.29, 1.82) is 0 Å². The third kappa shape index (κ3) is 5.11. The lowest BCUT2D eigenvalue weighted by atomic mass is 10.0. The van der Waals surface area contributed by atoms with Crippen LogP contribution in [0.15, 0.2) is 0 Å². The Morgan fingerprint density at radius 1 is 1.50 bits per heavy atom. The fourth-order valence-corrected chi connectivity index (χ4v) is 1.83. The van der Waals surface area contributed by atoms with Gasteiger partial charge in [0.2, 0.25) is 5.91 Å². The van der Waals surface area contributed by atoms with Gasteiger partial charge in [0.25, 0.3) is 0 Å². The first-order chi connectivity index (χ1) is 7.58. The molecule has 2 unspecified atom stereocenters. The summed E-state index contributed by atoms with van der Waals surface area (Å²) in [4.78, 5) is 22.0. The topological polar surface area (TPSA) is 75.6 Å². The average Bonchev–Trinajstić information content (AvgIpc) is 2.17. The van der Waals surface area contributed by atoms with Crippen LogP contribution in [0.1, 0.15) is 32.6 Å². The zero-order valence-corrected chi connectivity index (χ0v) is 9.57. The van der Waals surface area contributed by atoms with E-state index in [2.05, 4.69) is 5.32 Å². The van der Waals surface area contributed by atoms with Gasteiger partial charge in [-0.1, -0.05) is 6.92 Å². The van der Waals surface area contributed by atoms with E-state index in [1.165, 1.54) is 0 Å². The fraction of sp³-hybridized carbons (Fsp3) is 0.818. The molecular weight excluding hydrogens is 210 g/mol. The molecule has 1 fully saturated rings. The van der Waals surface area contributed by atoms with Crippen molar-refractivity contribution in [3.05, 3.63) is 0 Å². The van der Waals surface area contributed by atoms with Gasteiger partial charge in [0.1, 0.15) is 0 Å². The van der Waals surface area contributed by atoms with E-state index in [-0.39, 0.29) is 30.7 Å². The molecule has 0 aromatic heterocycles. The van der Waals surface area contributed by atoms with Gasteiger partial charge in [-0.3, -0.25) is 9.59 Å². The van der Waals surface area contributed by atoms with E-state index in [0.717, 1.165) is 19.4 Å². The van der Waals surface area contributed by atoms with Crippen LogP contribution in [0.5, 0.6) is 0 Å². The molecule has 2 N–H and O–H groups in total. The molecular formula is C11H19NO4. The van der Waals surface area contributed by atoms with E-state index in [0.29, 0.717) is 6.61 Å². The summed E-state index contributed by atoms with van der Waals surface area (Å²) >= 11 is 0. The van der Waals surface area contributed by atoms with E-state index < -0.39 is 5.97 Å². The second-order valence-corrected chi connectivity index (χ2v) is 4.39. The van der Waals surface area contributed by atoms with Gasteiger partial charge in [0.05, 0.1) is 12.6 Å². The van der Waals surface area contributed by atoms with Gasteiger partial charge >= 0.3 is 5.97 Å². The zero-order chi connectivity index (χ0) is 12.0. The summed E-state index contributed by atoms with van der Waals surface area (Å²) < 4.78 is 5.24. The van der Waals surface area contributed by atoms with E-state index in [1.54, 1.807) is 6.92 Å². The van der Waals surface area contributed by atoms with Crippen LogP contribution in [0, 0.1) is 5.92 Å². The Morgan fingerprint density at radius 3 is 2.81 bits per heavy atom. The highest BCUT2D eigenvalue weighted by molar-refractivity contribution is 5.77. The molecule has 92 valence electrons. The molecule has 0 saturated carbocycles. The Labute approximate surface area is 95.2 Å². The highest BCUT2D eigenvalue weighted by Gasteiger charge is 2.18. The Hall–Kier alpha value is -1.10. The van der Waals surface area contributed by atoms with Gasteiger partial charge in [-0.25, -0.2) is 0 Å². The van der Waals surface area contributed by atoms with Crippen molar-refractivity contribution in [2.45, 2.75) is 38.6 Å². The molecule has 1 heterocycles. The molecule has 1 aliphatic rings. The molecule has 5 nitrogen and oxygen atoms in total. The summed E-state index contributed by atoms with van der Waals surface area (Å²) in [6.45, 7) is 3.10.